The summed E-state index contributed by atoms with van der Waals surface area (Å²) in [5, 5.41) is 12.1. The highest BCUT2D eigenvalue weighted by Gasteiger charge is 2.23. The van der Waals surface area contributed by atoms with Crippen molar-refractivity contribution in [3.05, 3.63) is 65.2 Å². The van der Waals surface area contributed by atoms with E-state index in [9.17, 15) is 4.79 Å². The molecule has 0 aliphatic heterocycles. The maximum absolute atomic E-state index is 12.9. The Labute approximate surface area is 177 Å². The average Bonchev–Trinajstić information content (AvgIpc) is 3.11. The molecule has 3 rings (SSSR count). The first-order valence-corrected chi connectivity index (χ1v) is 9.96. The second kappa shape index (κ2) is 7.64. The maximum atomic E-state index is 12.9. The van der Waals surface area contributed by atoms with Gasteiger partial charge in [-0.15, -0.1) is 10.2 Å². The Balaban J connectivity index is 2.17. The third-order valence-corrected chi connectivity index (χ3v) is 4.59. The first-order valence-electron chi connectivity index (χ1n) is 9.58. The van der Waals surface area contributed by atoms with Crippen LogP contribution in [0.25, 0.3) is 16.8 Å². The summed E-state index contributed by atoms with van der Waals surface area (Å²) in [5.74, 6) is 0.702. The predicted octanol–water partition coefficient (Wildman–Crippen LogP) is 5.41. The van der Waals surface area contributed by atoms with Crippen molar-refractivity contribution in [2.75, 3.05) is 0 Å². The van der Waals surface area contributed by atoms with Crippen molar-refractivity contribution in [3.63, 3.8) is 0 Å². The van der Waals surface area contributed by atoms with Crippen LogP contribution < -0.4 is 5.32 Å². The van der Waals surface area contributed by atoms with E-state index in [0.717, 1.165) is 22.6 Å². The lowest BCUT2D eigenvalue weighted by Crippen LogP contribution is -2.40. The zero-order chi connectivity index (χ0) is 21.4. The van der Waals surface area contributed by atoms with Crippen LogP contribution in [0.5, 0.6) is 0 Å². The number of nitrogens with zero attached hydrogens (tertiary/aromatic N) is 3. The van der Waals surface area contributed by atoms with E-state index < -0.39 is 0 Å². The summed E-state index contributed by atoms with van der Waals surface area (Å²) in [6.45, 7) is 12.2. The van der Waals surface area contributed by atoms with Crippen molar-refractivity contribution in [1.82, 2.24) is 20.1 Å². The largest absolute Gasteiger partial charge is 0.347 e. The molecular weight excluding hydrogens is 384 g/mol. The van der Waals surface area contributed by atoms with E-state index in [-0.39, 0.29) is 16.9 Å². The van der Waals surface area contributed by atoms with Crippen molar-refractivity contribution >= 4 is 17.5 Å². The van der Waals surface area contributed by atoms with Gasteiger partial charge in [0.15, 0.2) is 0 Å². The number of hydrogen-bond donors (Lipinski definition) is 1. The Kier molecular flexibility index (Phi) is 5.54. The molecule has 0 saturated heterocycles. The van der Waals surface area contributed by atoms with Crippen LogP contribution in [-0.4, -0.2) is 26.2 Å². The lowest BCUT2D eigenvalue weighted by molar-refractivity contribution is 0.0919. The molecular formula is C23H27ClN4O. The van der Waals surface area contributed by atoms with E-state index in [4.69, 9.17) is 11.6 Å². The third kappa shape index (κ3) is 5.04. The van der Waals surface area contributed by atoms with Crippen molar-refractivity contribution < 1.29 is 4.79 Å². The molecule has 29 heavy (non-hydrogen) atoms. The zero-order valence-corrected chi connectivity index (χ0v) is 18.5. The maximum Gasteiger partial charge on any atom is 0.251 e. The van der Waals surface area contributed by atoms with Crippen LogP contribution in [0.4, 0.5) is 0 Å². The van der Waals surface area contributed by atoms with E-state index in [1.54, 1.807) is 6.33 Å². The molecule has 2 aromatic carbocycles. The quantitative estimate of drug-likeness (QED) is 0.627. The third-order valence-electron chi connectivity index (χ3n) is 4.34. The van der Waals surface area contributed by atoms with Crippen LogP contribution in [-0.2, 0) is 5.41 Å². The number of benzene rings is 2. The van der Waals surface area contributed by atoms with E-state index in [0.29, 0.717) is 10.6 Å². The predicted molar refractivity (Wildman–Crippen MR) is 118 cm³/mol. The summed E-state index contributed by atoms with van der Waals surface area (Å²) in [5.41, 5.74) is 2.79. The van der Waals surface area contributed by atoms with Crippen LogP contribution in [0.2, 0.25) is 5.02 Å². The molecule has 5 nitrogen and oxygen atoms in total. The highest BCUT2D eigenvalue weighted by Crippen LogP contribution is 2.29. The Bertz CT molecular complexity index is 1020. The van der Waals surface area contributed by atoms with Gasteiger partial charge < -0.3 is 5.32 Å². The summed E-state index contributed by atoms with van der Waals surface area (Å²) in [4.78, 5) is 12.9. The number of aromatic nitrogens is 3. The van der Waals surface area contributed by atoms with Gasteiger partial charge in [-0.05, 0) is 62.2 Å². The van der Waals surface area contributed by atoms with Gasteiger partial charge >= 0.3 is 0 Å². The smallest absolute Gasteiger partial charge is 0.251 e. The van der Waals surface area contributed by atoms with Crippen molar-refractivity contribution in [2.24, 2.45) is 0 Å². The second-order valence-electron chi connectivity index (χ2n) is 9.25. The molecule has 152 valence electrons. The fraction of sp³-hybridized carbons (Fsp3) is 0.348. The lowest BCUT2D eigenvalue weighted by Gasteiger charge is -2.22. The molecule has 6 heteroatoms. The summed E-state index contributed by atoms with van der Waals surface area (Å²) in [7, 11) is 0. The number of carbonyl (C=O) groups excluding carboxylic acids is 1. The molecule has 1 aromatic heterocycles. The number of halogens is 1. The number of hydrogen-bond acceptors (Lipinski definition) is 3. The van der Waals surface area contributed by atoms with Gasteiger partial charge in [0.2, 0.25) is 0 Å². The SMILES string of the molecule is CC(C)(C)NC(=O)c1cc(-c2ccc(Cl)cc2)cc(-n2cnnc2C(C)(C)C)c1. The zero-order valence-electron chi connectivity index (χ0n) is 17.7. The van der Waals surface area contributed by atoms with Gasteiger partial charge in [-0.1, -0.05) is 44.5 Å². The lowest BCUT2D eigenvalue weighted by atomic mass is 9.95. The van der Waals surface area contributed by atoms with Gasteiger partial charge in [-0.2, -0.15) is 0 Å². The molecule has 0 fully saturated rings. The average molecular weight is 411 g/mol. The van der Waals surface area contributed by atoms with Gasteiger partial charge in [0.25, 0.3) is 5.91 Å². The van der Waals surface area contributed by atoms with Crippen molar-refractivity contribution in [2.45, 2.75) is 52.5 Å². The van der Waals surface area contributed by atoms with Gasteiger partial charge in [0, 0.05) is 27.2 Å². The molecule has 1 amide bonds. The van der Waals surface area contributed by atoms with Crippen LogP contribution in [0.3, 0.4) is 0 Å². The van der Waals surface area contributed by atoms with E-state index in [1.165, 1.54) is 0 Å². The molecule has 0 radical (unpaired) electrons. The van der Waals surface area contributed by atoms with Gasteiger partial charge in [0.05, 0.1) is 0 Å². The Morgan fingerprint density at radius 2 is 1.62 bits per heavy atom. The second-order valence-corrected chi connectivity index (χ2v) is 9.69. The van der Waals surface area contributed by atoms with E-state index in [2.05, 4.69) is 36.3 Å². The summed E-state index contributed by atoms with van der Waals surface area (Å²) in [6, 6.07) is 13.4. The monoisotopic (exact) mass is 410 g/mol. The molecule has 0 unspecified atom stereocenters. The number of carbonyl (C=O) groups is 1. The molecule has 1 N–H and O–H groups in total. The van der Waals surface area contributed by atoms with Gasteiger partial charge in [-0.25, -0.2) is 0 Å². The van der Waals surface area contributed by atoms with Gasteiger partial charge in [-0.3, -0.25) is 9.36 Å². The number of rotatable bonds is 3. The van der Waals surface area contributed by atoms with Gasteiger partial charge in [0.1, 0.15) is 12.2 Å². The summed E-state index contributed by atoms with van der Waals surface area (Å²) < 4.78 is 1.94. The van der Waals surface area contributed by atoms with Crippen molar-refractivity contribution in [3.8, 4) is 16.8 Å². The minimum Gasteiger partial charge on any atom is -0.347 e. The molecule has 3 aromatic rings. The molecule has 0 aliphatic carbocycles. The molecule has 1 heterocycles. The Hall–Kier alpha value is -2.66. The van der Waals surface area contributed by atoms with E-state index in [1.807, 2.05) is 67.8 Å². The molecule has 0 spiro atoms. The molecule has 0 atom stereocenters. The minimum absolute atomic E-state index is 0.125. The first kappa shape index (κ1) is 21.1. The van der Waals surface area contributed by atoms with Crippen LogP contribution >= 0.6 is 11.6 Å². The van der Waals surface area contributed by atoms with Crippen LogP contribution in [0.15, 0.2) is 48.8 Å². The fourth-order valence-corrected chi connectivity index (χ4v) is 3.16. The molecule has 0 bridgehead atoms. The van der Waals surface area contributed by atoms with Crippen LogP contribution in [0, 0.1) is 0 Å². The minimum atomic E-state index is -0.333. The number of nitrogens with one attached hydrogen (secondary N) is 1. The number of amides is 1. The highest BCUT2D eigenvalue weighted by atomic mass is 35.5. The standard InChI is InChI=1S/C23H27ClN4O/c1-22(2,3)21-27-25-14-28(21)19-12-16(15-7-9-18(24)10-8-15)11-17(13-19)20(29)26-23(4,5)6/h7-14H,1-6H3,(H,26,29). The summed E-state index contributed by atoms with van der Waals surface area (Å²) in [6.07, 6.45) is 1.69. The molecule has 0 aliphatic rings. The molecule has 0 saturated carbocycles. The van der Waals surface area contributed by atoms with Crippen LogP contribution in [0.1, 0.15) is 57.7 Å². The highest BCUT2D eigenvalue weighted by molar-refractivity contribution is 6.30. The van der Waals surface area contributed by atoms with Crippen molar-refractivity contribution in [1.29, 1.82) is 0 Å². The summed E-state index contributed by atoms with van der Waals surface area (Å²) >= 11 is 6.05. The Morgan fingerprint density at radius 1 is 0.966 bits per heavy atom. The Morgan fingerprint density at radius 3 is 2.21 bits per heavy atom. The first-order chi connectivity index (χ1) is 13.4. The topological polar surface area (TPSA) is 59.8 Å². The normalized spacial score (nSPS) is 12.1. The van der Waals surface area contributed by atoms with E-state index >= 15 is 0 Å². The fourth-order valence-electron chi connectivity index (χ4n) is 3.04.